The second-order valence-electron chi connectivity index (χ2n) is 3.10. The molecule has 0 saturated carbocycles. The summed E-state index contributed by atoms with van der Waals surface area (Å²) in [7, 11) is 1.58. The van der Waals surface area contributed by atoms with Crippen molar-refractivity contribution in [2.24, 2.45) is 0 Å². The standard InChI is InChI=1S/C12H14O4/c1-3-9-8-10(4-5-11(9)15-2)16-7-6-12(13)14/h3-5,8H,1,6-7H2,2H3,(H,13,14). The molecule has 0 bridgehead atoms. The third-order valence-electron chi connectivity index (χ3n) is 2.01. The van der Waals surface area contributed by atoms with Crippen molar-refractivity contribution < 1.29 is 19.4 Å². The van der Waals surface area contributed by atoms with Crippen LogP contribution in [0.4, 0.5) is 0 Å². The molecule has 4 nitrogen and oxygen atoms in total. The van der Waals surface area contributed by atoms with Crippen molar-refractivity contribution in [3.63, 3.8) is 0 Å². The fourth-order valence-corrected chi connectivity index (χ4v) is 1.22. The average molecular weight is 222 g/mol. The molecule has 0 radical (unpaired) electrons. The Balaban J connectivity index is 2.67. The molecule has 0 saturated heterocycles. The number of benzene rings is 1. The summed E-state index contributed by atoms with van der Waals surface area (Å²) in [5, 5.41) is 8.46. The first kappa shape index (κ1) is 12.1. The van der Waals surface area contributed by atoms with Gasteiger partial charge in [0.15, 0.2) is 0 Å². The maximum Gasteiger partial charge on any atom is 0.306 e. The summed E-state index contributed by atoms with van der Waals surface area (Å²) in [5.74, 6) is 0.440. The lowest BCUT2D eigenvalue weighted by molar-refractivity contribution is -0.137. The summed E-state index contributed by atoms with van der Waals surface area (Å²) in [6.45, 7) is 3.81. The number of carboxylic acids is 1. The Morgan fingerprint density at radius 2 is 2.31 bits per heavy atom. The highest BCUT2D eigenvalue weighted by Crippen LogP contribution is 2.24. The van der Waals surface area contributed by atoms with Crippen LogP contribution in [-0.4, -0.2) is 24.8 Å². The van der Waals surface area contributed by atoms with Crippen LogP contribution in [0.1, 0.15) is 12.0 Å². The number of carboxylic acid groups (broad SMARTS) is 1. The quantitative estimate of drug-likeness (QED) is 0.801. The Hall–Kier alpha value is -1.97. The predicted molar refractivity (Wildman–Crippen MR) is 60.8 cm³/mol. The van der Waals surface area contributed by atoms with Gasteiger partial charge in [0, 0.05) is 5.56 Å². The maximum absolute atomic E-state index is 10.3. The van der Waals surface area contributed by atoms with Gasteiger partial charge < -0.3 is 14.6 Å². The predicted octanol–water partition coefficient (Wildman–Crippen LogP) is 2.19. The van der Waals surface area contributed by atoms with Crippen molar-refractivity contribution in [2.45, 2.75) is 6.42 Å². The summed E-state index contributed by atoms with van der Waals surface area (Å²) >= 11 is 0. The van der Waals surface area contributed by atoms with Gasteiger partial charge in [-0.05, 0) is 18.2 Å². The van der Waals surface area contributed by atoms with Crippen LogP contribution in [-0.2, 0) is 4.79 Å². The minimum Gasteiger partial charge on any atom is -0.496 e. The molecule has 1 aromatic carbocycles. The Kier molecular flexibility index (Phi) is 4.39. The number of aliphatic carboxylic acids is 1. The molecule has 1 rings (SSSR count). The summed E-state index contributed by atoms with van der Waals surface area (Å²) in [6, 6.07) is 5.24. The minimum atomic E-state index is -0.877. The first-order valence-electron chi connectivity index (χ1n) is 4.82. The topological polar surface area (TPSA) is 55.8 Å². The Morgan fingerprint density at radius 1 is 1.56 bits per heavy atom. The number of hydrogen-bond acceptors (Lipinski definition) is 3. The third kappa shape index (κ3) is 3.31. The van der Waals surface area contributed by atoms with Crippen molar-refractivity contribution in [3.05, 3.63) is 30.3 Å². The number of rotatable bonds is 6. The minimum absolute atomic E-state index is 0.0184. The van der Waals surface area contributed by atoms with Crippen LogP contribution in [0, 0.1) is 0 Å². The van der Waals surface area contributed by atoms with Gasteiger partial charge in [-0.2, -0.15) is 0 Å². The van der Waals surface area contributed by atoms with E-state index in [1.807, 2.05) is 0 Å². The van der Waals surface area contributed by atoms with Gasteiger partial charge in [0.1, 0.15) is 11.5 Å². The zero-order valence-corrected chi connectivity index (χ0v) is 9.10. The van der Waals surface area contributed by atoms with E-state index in [-0.39, 0.29) is 13.0 Å². The van der Waals surface area contributed by atoms with Crippen molar-refractivity contribution in [3.8, 4) is 11.5 Å². The van der Waals surface area contributed by atoms with Crippen molar-refractivity contribution in [2.75, 3.05) is 13.7 Å². The molecular formula is C12H14O4. The van der Waals surface area contributed by atoms with Gasteiger partial charge in [0.05, 0.1) is 20.1 Å². The molecule has 0 aliphatic heterocycles. The van der Waals surface area contributed by atoms with E-state index in [1.54, 1.807) is 31.4 Å². The molecule has 0 spiro atoms. The molecule has 86 valence electrons. The van der Waals surface area contributed by atoms with E-state index in [9.17, 15) is 4.79 Å². The lowest BCUT2D eigenvalue weighted by Gasteiger charge is -2.08. The van der Waals surface area contributed by atoms with E-state index in [1.165, 1.54) is 0 Å². The number of hydrogen-bond donors (Lipinski definition) is 1. The Bertz CT molecular complexity index is 385. The number of carbonyl (C=O) groups is 1. The number of ether oxygens (including phenoxy) is 2. The van der Waals surface area contributed by atoms with Gasteiger partial charge in [-0.1, -0.05) is 12.7 Å². The van der Waals surface area contributed by atoms with Gasteiger partial charge in [-0.25, -0.2) is 0 Å². The van der Waals surface area contributed by atoms with Crippen LogP contribution in [0.3, 0.4) is 0 Å². The first-order chi connectivity index (χ1) is 7.67. The highest BCUT2D eigenvalue weighted by Gasteiger charge is 2.03. The molecule has 0 unspecified atom stereocenters. The SMILES string of the molecule is C=Cc1cc(OCCC(=O)O)ccc1OC. The largest absolute Gasteiger partial charge is 0.496 e. The highest BCUT2D eigenvalue weighted by molar-refractivity contribution is 5.66. The molecule has 16 heavy (non-hydrogen) atoms. The summed E-state index contributed by atoms with van der Waals surface area (Å²) in [5.41, 5.74) is 0.815. The molecule has 0 atom stereocenters. The smallest absolute Gasteiger partial charge is 0.306 e. The van der Waals surface area contributed by atoms with Crippen LogP contribution < -0.4 is 9.47 Å². The molecule has 0 amide bonds. The molecule has 1 aromatic rings. The Morgan fingerprint density at radius 3 is 2.88 bits per heavy atom. The van der Waals surface area contributed by atoms with E-state index in [4.69, 9.17) is 14.6 Å². The van der Waals surface area contributed by atoms with Gasteiger partial charge in [0.2, 0.25) is 0 Å². The summed E-state index contributed by atoms with van der Waals surface area (Å²) in [6.07, 6.45) is 1.64. The molecule has 0 aromatic heterocycles. The monoisotopic (exact) mass is 222 g/mol. The van der Waals surface area contributed by atoms with Crippen LogP contribution in [0.2, 0.25) is 0 Å². The van der Waals surface area contributed by atoms with Crippen LogP contribution in [0.5, 0.6) is 11.5 Å². The third-order valence-corrected chi connectivity index (χ3v) is 2.01. The second kappa shape index (κ2) is 5.80. The zero-order chi connectivity index (χ0) is 12.0. The van der Waals surface area contributed by atoms with Crippen LogP contribution >= 0.6 is 0 Å². The summed E-state index contributed by atoms with van der Waals surface area (Å²) < 4.78 is 10.4. The van der Waals surface area contributed by atoms with E-state index in [2.05, 4.69) is 6.58 Å². The van der Waals surface area contributed by atoms with Gasteiger partial charge in [-0.15, -0.1) is 0 Å². The number of methoxy groups -OCH3 is 1. The fourth-order valence-electron chi connectivity index (χ4n) is 1.22. The molecule has 0 aliphatic rings. The van der Waals surface area contributed by atoms with Crippen molar-refractivity contribution in [1.82, 2.24) is 0 Å². The van der Waals surface area contributed by atoms with Gasteiger partial charge in [0.25, 0.3) is 0 Å². The lowest BCUT2D eigenvalue weighted by atomic mass is 10.2. The molecule has 0 heterocycles. The molecule has 0 aliphatic carbocycles. The van der Waals surface area contributed by atoms with Crippen molar-refractivity contribution in [1.29, 1.82) is 0 Å². The first-order valence-corrected chi connectivity index (χ1v) is 4.82. The normalized spacial score (nSPS) is 9.56. The fraction of sp³-hybridized carbons (Fsp3) is 0.250. The van der Waals surface area contributed by atoms with E-state index < -0.39 is 5.97 Å². The van der Waals surface area contributed by atoms with Gasteiger partial charge >= 0.3 is 5.97 Å². The Labute approximate surface area is 94.1 Å². The van der Waals surface area contributed by atoms with E-state index >= 15 is 0 Å². The maximum atomic E-state index is 10.3. The van der Waals surface area contributed by atoms with Crippen molar-refractivity contribution >= 4 is 12.0 Å². The molecular weight excluding hydrogens is 208 g/mol. The molecule has 1 N–H and O–H groups in total. The van der Waals surface area contributed by atoms with Gasteiger partial charge in [-0.3, -0.25) is 4.79 Å². The molecule has 0 fully saturated rings. The lowest BCUT2D eigenvalue weighted by Crippen LogP contribution is -2.04. The summed E-state index contributed by atoms with van der Waals surface area (Å²) in [4.78, 5) is 10.3. The van der Waals surface area contributed by atoms with Crippen LogP contribution in [0.25, 0.3) is 6.08 Å². The second-order valence-corrected chi connectivity index (χ2v) is 3.10. The van der Waals surface area contributed by atoms with Crippen LogP contribution in [0.15, 0.2) is 24.8 Å². The molecule has 4 heteroatoms. The van der Waals surface area contributed by atoms with E-state index in [0.717, 1.165) is 5.56 Å². The zero-order valence-electron chi connectivity index (χ0n) is 9.10. The average Bonchev–Trinajstić information content (AvgIpc) is 2.28. The highest BCUT2D eigenvalue weighted by atomic mass is 16.5. The van der Waals surface area contributed by atoms with E-state index in [0.29, 0.717) is 11.5 Å².